The lowest BCUT2D eigenvalue weighted by molar-refractivity contribution is 0.195. The maximum Gasteiger partial charge on any atom is 0.0168 e. The molecule has 0 saturated carbocycles. The van der Waals surface area contributed by atoms with E-state index in [2.05, 4.69) is 43.5 Å². The van der Waals surface area contributed by atoms with Crippen LogP contribution in [0.15, 0.2) is 12.2 Å². The van der Waals surface area contributed by atoms with Crippen molar-refractivity contribution in [1.82, 2.24) is 4.90 Å². The van der Waals surface area contributed by atoms with Crippen molar-refractivity contribution in [2.75, 3.05) is 18.8 Å². The van der Waals surface area contributed by atoms with Crippen molar-refractivity contribution in [1.29, 1.82) is 0 Å². The van der Waals surface area contributed by atoms with Crippen LogP contribution in [-0.2, 0) is 0 Å². The van der Waals surface area contributed by atoms with E-state index in [-0.39, 0.29) is 0 Å². The monoisotopic (exact) mass is 185 g/mol. The first kappa shape index (κ1) is 10.1. The highest BCUT2D eigenvalue weighted by Gasteiger charge is 2.30. The summed E-state index contributed by atoms with van der Waals surface area (Å²) in [5, 5.41) is 0. The van der Waals surface area contributed by atoms with Gasteiger partial charge in [0.05, 0.1) is 0 Å². The van der Waals surface area contributed by atoms with Crippen molar-refractivity contribution in [3.63, 3.8) is 0 Å². The molecule has 1 nitrogen and oxygen atoms in total. The van der Waals surface area contributed by atoms with E-state index in [9.17, 15) is 0 Å². The zero-order valence-corrected chi connectivity index (χ0v) is 8.98. The molecule has 1 saturated heterocycles. The second-order valence-corrected chi connectivity index (χ2v) is 4.38. The van der Waals surface area contributed by atoms with Crippen molar-refractivity contribution in [3.8, 4) is 0 Å². The smallest absolute Gasteiger partial charge is 0.0168 e. The third-order valence-corrected chi connectivity index (χ3v) is 2.88. The zero-order valence-electron chi connectivity index (χ0n) is 8.08. The molecule has 0 amide bonds. The Morgan fingerprint density at radius 2 is 2.17 bits per heavy atom. The number of nitrogens with zero attached hydrogens (tertiary/aromatic N) is 1. The summed E-state index contributed by atoms with van der Waals surface area (Å²) in [4.78, 5) is 2.53. The first-order valence-electron chi connectivity index (χ1n) is 4.68. The van der Waals surface area contributed by atoms with Gasteiger partial charge in [0.15, 0.2) is 0 Å². The molecule has 0 spiro atoms. The van der Waals surface area contributed by atoms with Crippen molar-refractivity contribution < 1.29 is 0 Å². The van der Waals surface area contributed by atoms with E-state index in [0.29, 0.717) is 5.54 Å². The molecule has 0 radical (unpaired) electrons. The first-order chi connectivity index (χ1) is 5.67. The predicted molar refractivity (Wildman–Crippen MR) is 57.9 cm³/mol. The summed E-state index contributed by atoms with van der Waals surface area (Å²) >= 11 is 4.14. The summed E-state index contributed by atoms with van der Waals surface area (Å²) in [6, 6.07) is 0. The number of rotatable bonds is 3. The summed E-state index contributed by atoms with van der Waals surface area (Å²) < 4.78 is 0. The Morgan fingerprint density at radius 3 is 2.67 bits per heavy atom. The van der Waals surface area contributed by atoms with Gasteiger partial charge in [-0.3, -0.25) is 4.90 Å². The first-order valence-corrected chi connectivity index (χ1v) is 5.31. The molecule has 70 valence electrons. The third-order valence-electron chi connectivity index (χ3n) is 2.67. The van der Waals surface area contributed by atoms with E-state index in [1.165, 1.54) is 19.4 Å². The minimum atomic E-state index is 0.418. The summed E-state index contributed by atoms with van der Waals surface area (Å²) in [6.45, 7) is 7.00. The quantitative estimate of drug-likeness (QED) is 0.522. The van der Waals surface area contributed by atoms with E-state index in [0.717, 1.165) is 12.3 Å². The molecule has 0 aromatic rings. The molecule has 12 heavy (non-hydrogen) atoms. The van der Waals surface area contributed by atoms with Crippen LogP contribution in [0, 0.1) is 0 Å². The normalized spacial score (nSPS) is 23.9. The molecule has 1 aliphatic rings. The molecule has 0 bridgehead atoms. The lowest BCUT2D eigenvalue weighted by Crippen LogP contribution is -2.38. The molecule has 1 aliphatic heterocycles. The van der Waals surface area contributed by atoms with E-state index in [1.54, 1.807) is 0 Å². The molecule has 0 unspecified atom stereocenters. The molecule has 0 aliphatic carbocycles. The van der Waals surface area contributed by atoms with E-state index in [4.69, 9.17) is 0 Å². The van der Waals surface area contributed by atoms with Gasteiger partial charge in [-0.1, -0.05) is 12.2 Å². The lowest BCUT2D eigenvalue weighted by atomic mass is 10.0. The van der Waals surface area contributed by atoms with Gasteiger partial charge in [-0.2, -0.15) is 12.6 Å². The van der Waals surface area contributed by atoms with Crippen LogP contribution in [0.1, 0.15) is 26.7 Å². The topological polar surface area (TPSA) is 3.24 Å². The fraction of sp³-hybridized carbons (Fsp3) is 0.800. The molecule has 1 heterocycles. The largest absolute Gasteiger partial charge is 0.295 e. The standard InChI is InChI=1S/C10H19NS/c1-10(2)6-5-8-11(10)7-3-4-9-12/h3-4,12H,5-9H2,1-2H3. The molecular weight excluding hydrogens is 166 g/mol. The Labute approximate surface area is 81.2 Å². The predicted octanol–water partition coefficient (Wildman–Crippen LogP) is 2.35. The van der Waals surface area contributed by atoms with E-state index in [1.807, 2.05) is 0 Å². The molecule has 1 fully saturated rings. The van der Waals surface area contributed by atoms with Crippen molar-refractivity contribution in [2.24, 2.45) is 0 Å². The Bertz CT molecular complexity index is 163. The molecule has 0 aromatic heterocycles. The third kappa shape index (κ3) is 2.53. The van der Waals surface area contributed by atoms with Crippen molar-refractivity contribution in [3.05, 3.63) is 12.2 Å². The number of hydrogen-bond acceptors (Lipinski definition) is 2. The summed E-state index contributed by atoms with van der Waals surface area (Å²) in [7, 11) is 0. The van der Waals surface area contributed by atoms with Gasteiger partial charge in [0.1, 0.15) is 0 Å². The van der Waals surface area contributed by atoms with Crippen molar-refractivity contribution in [2.45, 2.75) is 32.2 Å². The van der Waals surface area contributed by atoms with Crippen LogP contribution in [0.3, 0.4) is 0 Å². The Kier molecular flexibility index (Phi) is 3.66. The molecule has 0 atom stereocenters. The highest BCUT2D eigenvalue weighted by Crippen LogP contribution is 2.27. The highest BCUT2D eigenvalue weighted by molar-refractivity contribution is 7.80. The van der Waals surface area contributed by atoms with E-state index >= 15 is 0 Å². The minimum Gasteiger partial charge on any atom is -0.295 e. The highest BCUT2D eigenvalue weighted by atomic mass is 32.1. The van der Waals surface area contributed by atoms with Gasteiger partial charge in [0.2, 0.25) is 0 Å². The van der Waals surface area contributed by atoms with Crippen LogP contribution >= 0.6 is 12.6 Å². The summed E-state index contributed by atoms with van der Waals surface area (Å²) in [6.07, 6.45) is 7.03. The van der Waals surface area contributed by atoms with Gasteiger partial charge in [0.25, 0.3) is 0 Å². The Hall–Kier alpha value is 0.0500. The van der Waals surface area contributed by atoms with Crippen molar-refractivity contribution >= 4 is 12.6 Å². The number of thiol groups is 1. The molecular formula is C10H19NS. The number of hydrogen-bond donors (Lipinski definition) is 1. The van der Waals surface area contributed by atoms with Gasteiger partial charge in [-0.05, 0) is 33.2 Å². The second kappa shape index (κ2) is 4.33. The maximum atomic E-state index is 4.14. The van der Waals surface area contributed by atoms with E-state index < -0.39 is 0 Å². The number of likely N-dealkylation sites (tertiary alicyclic amines) is 1. The molecule has 0 N–H and O–H groups in total. The zero-order chi connectivity index (χ0) is 9.03. The van der Waals surface area contributed by atoms with Crippen LogP contribution in [0.5, 0.6) is 0 Å². The van der Waals surface area contributed by atoms with Gasteiger partial charge < -0.3 is 0 Å². The van der Waals surface area contributed by atoms with Gasteiger partial charge in [-0.15, -0.1) is 0 Å². The second-order valence-electron chi connectivity index (χ2n) is 4.02. The molecule has 2 heteroatoms. The molecule has 1 rings (SSSR count). The van der Waals surface area contributed by atoms with Crippen LogP contribution in [0.4, 0.5) is 0 Å². The summed E-state index contributed by atoms with van der Waals surface area (Å²) in [5.74, 6) is 0.855. The van der Waals surface area contributed by atoms with Crippen LogP contribution in [0.2, 0.25) is 0 Å². The van der Waals surface area contributed by atoms with Gasteiger partial charge >= 0.3 is 0 Å². The van der Waals surface area contributed by atoms with Crippen LogP contribution in [-0.4, -0.2) is 29.3 Å². The average molecular weight is 185 g/mol. The lowest BCUT2D eigenvalue weighted by Gasteiger charge is -2.30. The summed E-state index contributed by atoms with van der Waals surface area (Å²) in [5.41, 5.74) is 0.418. The SMILES string of the molecule is CC1(C)CCCN1CC=CCS. The maximum absolute atomic E-state index is 4.14. The minimum absolute atomic E-state index is 0.418. The van der Waals surface area contributed by atoms with Crippen LogP contribution < -0.4 is 0 Å². The average Bonchev–Trinajstić information content (AvgIpc) is 2.32. The Balaban J connectivity index is 2.36. The fourth-order valence-electron chi connectivity index (χ4n) is 1.78. The molecule has 0 aromatic carbocycles. The fourth-order valence-corrected chi connectivity index (χ4v) is 1.93. The van der Waals surface area contributed by atoms with Gasteiger partial charge in [0, 0.05) is 17.8 Å². The Morgan fingerprint density at radius 1 is 1.42 bits per heavy atom. The van der Waals surface area contributed by atoms with Gasteiger partial charge in [-0.25, -0.2) is 0 Å². The van der Waals surface area contributed by atoms with Crippen LogP contribution in [0.25, 0.3) is 0 Å².